The summed E-state index contributed by atoms with van der Waals surface area (Å²) in [6.07, 6.45) is 1.90. The van der Waals surface area contributed by atoms with Crippen LogP contribution in [-0.2, 0) is 6.54 Å². The molecule has 0 atom stereocenters. The van der Waals surface area contributed by atoms with E-state index in [2.05, 4.69) is 10.9 Å². The lowest BCUT2D eigenvalue weighted by Gasteiger charge is -2.08. The smallest absolute Gasteiger partial charge is 0.147 e. The molecule has 0 unspecified atom stereocenters. The summed E-state index contributed by atoms with van der Waals surface area (Å²) in [6.45, 7) is 0.535. The maximum atomic E-state index is 9.43. The molecule has 0 fully saturated rings. The highest BCUT2D eigenvalue weighted by Gasteiger charge is 1.98. The van der Waals surface area contributed by atoms with E-state index in [4.69, 9.17) is 12.2 Å². The summed E-state index contributed by atoms with van der Waals surface area (Å²) in [7, 11) is 0. The van der Waals surface area contributed by atoms with E-state index < -0.39 is 0 Å². The first kappa shape index (κ1) is 11.3. The number of phenols is 1. The molecule has 0 saturated heterocycles. The maximum Gasteiger partial charge on any atom is 0.147 e. The number of benzene rings is 1. The molecule has 5 heteroatoms. The molecule has 1 rings (SSSR count). The molecule has 0 aliphatic heterocycles. The Bertz CT molecular complexity index is 317. The topological polar surface area (TPSA) is 44.3 Å². The zero-order valence-corrected chi connectivity index (χ0v) is 9.41. The summed E-state index contributed by atoms with van der Waals surface area (Å²) in [5.41, 5.74) is 6.60. The molecule has 14 heavy (non-hydrogen) atoms. The Kier molecular flexibility index (Phi) is 4.72. The average molecular weight is 228 g/mol. The molecule has 3 N–H and O–H groups in total. The highest BCUT2D eigenvalue weighted by atomic mass is 32.2. The number of hydrazine groups is 1. The van der Waals surface area contributed by atoms with Crippen LogP contribution >= 0.6 is 24.0 Å². The van der Waals surface area contributed by atoms with Gasteiger partial charge >= 0.3 is 0 Å². The van der Waals surface area contributed by atoms with E-state index >= 15 is 0 Å². The monoisotopic (exact) mass is 228 g/mol. The molecular weight excluding hydrogens is 216 g/mol. The Hall–Kier alpha value is -0.780. The Balaban J connectivity index is 2.39. The Morgan fingerprint density at radius 3 is 2.86 bits per heavy atom. The van der Waals surface area contributed by atoms with Gasteiger partial charge in [-0.25, -0.2) is 5.43 Å². The van der Waals surface area contributed by atoms with Gasteiger partial charge in [0, 0.05) is 12.1 Å². The summed E-state index contributed by atoms with van der Waals surface area (Å²) in [6, 6.07) is 7.18. The minimum absolute atomic E-state index is 0.289. The Morgan fingerprint density at radius 2 is 2.21 bits per heavy atom. The van der Waals surface area contributed by atoms with E-state index in [1.54, 1.807) is 12.1 Å². The molecule has 0 aliphatic carbocycles. The second-order valence-electron chi connectivity index (χ2n) is 2.60. The molecule has 0 amide bonds. The van der Waals surface area contributed by atoms with Crippen LogP contribution in [0.3, 0.4) is 0 Å². The Morgan fingerprint density at radius 1 is 1.50 bits per heavy atom. The van der Waals surface area contributed by atoms with Crippen molar-refractivity contribution in [2.24, 2.45) is 0 Å². The third kappa shape index (κ3) is 3.53. The summed E-state index contributed by atoms with van der Waals surface area (Å²) < 4.78 is 0.681. The van der Waals surface area contributed by atoms with Gasteiger partial charge in [-0.2, -0.15) is 0 Å². The van der Waals surface area contributed by atoms with Crippen molar-refractivity contribution in [2.45, 2.75) is 6.54 Å². The molecule has 0 radical (unpaired) electrons. The van der Waals surface area contributed by atoms with Gasteiger partial charge in [-0.3, -0.25) is 0 Å². The summed E-state index contributed by atoms with van der Waals surface area (Å²) in [5.74, 6) is 0.289. The van der Waals surface area contributed by atoms with Gasteiger partial charge in [0.25, 0.3) is 0 Å². The van der Waals surface area contributed by atoms with Crippen LogP contribution in [0.15, 0.2) is 24.3 Å². The first-order chi connectivity index (χ1) is 6.74. The van der Waals surface area contributed by atoms with Gasteiger partial charge in [0.2, 0.25) is 0 Å². The van der Waals surface area contributed by atoms with Crippen LogP contribution in [0, 0.1) is 0 Å². The molecule has 1 aromatic rings. The van der Waals surface area contributed by atoms with E-state index in [1.165, 1.54) is 11.8 Å². The van der Waals surface area contributed by atoms with Crippen molar-refractivity contribution < 1.29 is 5.11 Å². The number of phenolic OH excluding ortho intramolecular Hbond substituents is 1. The minimum Gasteiger partial charge on any atom is -0.508 e. The fraction of sp³-hybridized carbons (Fsp3) is 0.222. The number of para-hydroxylation sites is 1. The van der Waals surface area contributed by atoms with Crippen LogP contribution in [0.4, 0.5) is 0 Å². The molecule has 0 saturated carbocycles. The van der Waals surface area contributed by atoms with Crippen molar-refractivity contribution in [1.29, 1.82) is 0 Å². The zero-order chi connectivity index (χ0) is 10.4. The van der Waals surface area contributed by atoms with Crippen molar-refractivity contribution in [3.8, 4) is 5.75 Å². The van der Waals surface area contributed by atoms with Gasteiger partial charge in [0.1, 0.15) is 10.1 Å². The number of rotatable bonds is 3. The normalized spacial score (nSPS) is 9.79. The summed E-state index contributed by atoms with van der Waals surface area (Å²) in [4.78, 5) is 0. The van der Waals surface area contributed by atoms with Crippen LogP contribution in [0.2, 0.25) is 0 Å². The minimum atomic E-state index is 0.289. The molecule has 0 heterocycles. The standard InChI is InChI=1S/C9H12N2OS2/c1-14-9(13)11-10-6-7-4-2-3-5-8(7)12/h2-5,10,12H,6H2,1H3,(H,11,13). The Labute approximate surface area is 92.9 Å². The van der Waals surface area contributed by atoms with Crippen LogP contribution in [0.5, 0.6) is 5.75 Å². The largest absolute Gasteiger partial charge is 0.508 e. The van der Waals surface area contributed by atoms with Crippen molar-refractivity contribution in [2.75, 3.05) is 6.26 Å². The summed E-state index contributed by atoms with van der Waals surface area (Å²) >= 11 is 6.39. The number of thiocarbonyl (C=S) groups is 1. The molecule has 0 aromatic heterocycles. The zero-order valence-electron chi connectivity index (χ0n) is 7.78. The molecular formula is C9H12N2OS2. The quantitative estimate of drug-likeness (QED) is 0.542. The van der Waals surface area contributed by atoms with Gasteiger partial charge in [0.05, 0.1) is 0 Å². The van der Waals surface area contributed by atoms with Crippen LogP contribution in [0.25, 0.3) is 0 Å². The lowest BCUT2D eigenvalue weighted by Crippen LogP contribution is -2.33. The molecule has 0 spiro atoms. The SMILES string of the molecule is CSC(=S)NNCc1ccccc1O. The van der Waals surface area contributed by atoms with E-state index in [-0.39, 0.29) is 5.75 Å². The third-order valence-corrected chi connectivity index (χ3v) is 2.72. The predicted octanol–water partition coefficient (Wildman–Crippen LogP) is 1.63. The number of hydrogen-bond donors (Lipinski definition) is 3. The van der Waals surface area contributed by atoms with Gasteiger partial charge < -0.3 is 10.5 Å². The highest BCUT2D eigenvalue weighted by molar-refractivity contribution is 8.22. The van der Waals surface area contributed by atoms with E-state index in [1.807, 2.05) is 18.4 Å². The molecule has 0 aliphatic rings. The first-order valence-corrected chi connectivity index (χ1v) is 5.71. The lowest BCUT2D eigenvalue weighted by atomic mass is 10.2. The number of aromatic hydroxyl groups is 1. The highest BCUT2D eigenvalue weighted by Crippen LogP contribution is 2.14. The molecule has 0 bridgehead atoms. The van der Waals surface area contributed by atoms with Crippen molar-refractivity contribution in [1.82, 2.24) is 10.9 Å². The van der Waals surface area contributed by atoms with E-state index in [0.717, 1.165) is 5.56 Å². The van der Waals surface area contributed by atoms with Crippen molar-refractivity contribution in [3.63, 3.8) is 0 Å². The predicted molar refractivity (Wildman–Crippen MR) is 64.2 cm³/mol. The molecule has 1 aromatic carbocycles. The number of nitrogens with one attached hydrogen (secondary N) is 2. The average Bonchev–Trinajstić information content (AvgIpc) is 2.20. The van der Waals surface area contributed by atoms with Crippen LogP contribution in [0.1, 0.15) is 5.56 Å². The van der Waals surface area contributed by atoms with Crippen molar-refractivity contribution in [3.05, 3.63) is 29.8 Å². The van der Waals surface area contributed by atoms with Gasteiger partial charge in [-0.05, 0) is 12.3 Å². The van der Waals surface area contributed by atoms with Crippen molar-refractivity contribution >= 4 is 28.3 Å². The fourth-order valence-electron chi connectivity index (χ4n) is 0.923. The van der Waals surface area contributed by atoms with Gasteiger partial charge in [-0.15, -0.1) is 0 Å². The maximum absolute atomic E-state index is 9.43. The van der Waals surface area contributed by atoms with Gasteiger partial charge in [0.15, 0.2) is 0 Å². The van der Waals surface area contributed by atoms with E-state index in [0.29, 0.717) is 10.9 Å². The number of thioether (sulfide) groups is 1. The van der Waals surface area contributed by atoms with Gasteiger partial charge in [-0.1, -0.05) is 42.2 Å². The van der Waals surface area contributed by atoms with Crippen LogP contribution in [-0.4, -0.2) is 15.7 Å². The lowest BCUT2D eigenvalue weighted by molar-refractivity contribution is 0.463. The summed E-state index contributed by atoms with van der Waals surface area (Å²) in [5, 5.41) is 9.43. The van der Waals surface area contributed by atoms with Crippen LogP contribution < -0.4 is 10.9 Å². The van der Waals surface area contributed by atoms with E-state index in [9.17, 15) is 5.11 Å². The molecule has 3 nitrogen and oxygen atoms in total. The number of hydrogen-bond acceptors (Lipinski definition) is 4. The fourth-order valence-corrected chi connectivity index (χ4v) is 1.17. The third-order valence-electron chi connectivity index (χ3n) is 1.65. The first-order valence-electron chi connectivity index (χ1n) is 4.07. The second-order valence-corrected chi connectivity index (χ2v) is 4.08. The second kappa shape index (κ2) is 5.85. The molecule has 76 valence electrons.